The van der Waals surface area contributed by atoms with Gasteiger partial charge in [-0.25, -0.2) is 4.98 Å². The molecule has 0 aliphatic heterocycles. The number of aryl methyl sites for hydroxylation is 2. The van der Waals surface area contributed by atoms with Gasteiger partial charge in [0.1, 0.15) is 5.82 Å². The van der Waals surface area contributed by atoms with Crippen molar-refractivity contribution in [2.45, 2.75) is 20.4 Å². The zero-order valence-corrected chi connectivity index (χ0v) is 14.8. The summed E-state index contributed by atoms with van der Waals surface area (Å²) in [5.41, 5.74) is 1.61. The van der Waals surface area contributed by atoms with Crippen molar-refractivity contribution in [3.05, 3.63) is 69.8 Å². The minimum atomic E-state index is -0.845. The number of aromatic nitrogens is 4. The molecule has 138 valence electrons. The smallest absolute Gasteiger partial charge is 0.314 e. The van der Waals surface area contributed by atoms with Crippen LogP contribution in [0.4, 0.5) is 5.82 Å². The van der Waals surface area contributed by atoms with Crippen molar-refractivity contribution in [2.75, 3.05) is 5.32 Å². The molecule has 0 unspecified atom stereocenters. The highest BCUT2D eigenvalue weighted by Crippen LogP contribution is 2.13. The summed E-state index contributed by atoms with van der Waals surface area (Å²) in [5, 5.41) is 9.25. The van der Waals surface area contributed by atoms with Crippen LogP contribution < -0.4 is 16.2 Å². The Morgan fingerprint density at radius 2 is 1.81 bits per heavy atom. The van der Waals surface area contributed by atoms with Gasteiger partial charge in [0.25, 0.3) is 5.56 Å². The van der Waals surface area contributed by atoms with Gasteiger partial charge in [-0.3, -0.25) is 19.4 Å². The number of nitrogens with one attached hydrogen (secondary N) is 3. The summed E-state index contributed by atoms with van der Waals surface area (Å²) >= 11 is 0. The highest BCUT2D eigenvalue weighted by molar-refractivity contribution is 6.39. The second-order valence-corrected chi connectivity index (χ2v) is 5.92. The van der Waals surface area contributed by atoms with E-state index in [9.17, 15) is 14.4 Å². The van der Waals surface area contributed by atoms with Gasteiger partial charge in [-0.2, -0.15) is 9.78 Å². The fourth-order valence-corrected chi connectivity index (χ4v) is 2.45. The summed E-state index contributed by atoms with van der Waals surface area (Å²) in [5.74, 6) is -1.26. The Balaban J connectivity index is 1.74. The largest absolute Gasteiger partial charge is 0.344 e. The van der Waals surface area contributed by atoms with Crippen LogP contribution in [0.3, 0.4) is 0 Å². The van der Waals surface area contributed by atoms with Gasteiger partial charge in [0.2, 0.25) is 5.95 Å². The third-order valence-corrected chi connectivity index (χ3v) is 3.63. The van der Waals surface area contributed by atoms with Crippen LogP contribution in [-0.4, -0.2) is 31.6 Å². The average molecular weight is 366 g/mol. The Hall–Kier alpha value is -3.75. The lowest BCUT2D eigenvalue weighted by Gasteiger charge is -2.09. The molecule has 2 heterocycles. The molecule has 9 nitrogen and oxygen atoms in total. The second-order valence-electron chi connectivity index (χ2n) is 5.92. The van der Waals surface area contributed by atoms with Gasteiger partial charge in [0.15, 0.2) is 0 Å². The molecule has 3 rings (SSSR count). The molecule has 2 aromatic heterocycles. The fraction of sp³-hybridized carbons (Fsp3) is 0.167. The molecule has 0 saturated heterocycles. The molecule has 9 heteroatoms. The van der Waals surface area contributed by atoms with E-state index in [1.54, 1.807) is 19.9 Å². The van der Waals surface area contributed by atoms with Crippen molar-refractivity contribution in [3.8, 4) is 5.95 Å². The number of hydrogen-bond donors (Lipinski definition) is 3. The quantitative estimate of drug-likeness (QED) is 0.590. The first kappa shape index (κ1) is 18.1. The number of nitrogens with zero attached hydrogens (tertiary/aromatic N) is 3. The van der Waals surface area contributed by atoms with E-state index >= 15 is 0 Å². The van der Waals surface area contributed by atoms with Crippen LogP contribution in [0, 0.1) is 13.8 Å². The van der Waals surface area contributed by atoms with E-state index in [2.05, 4.69) is 25.7 Å². The maximum absolute atomic E-state index is 12.2. The standard InChI is InChI=1S/C18H18N6O3/c1-11-9-15(25)22-18(20-11)24-14(8-12(2)23-24)21-17(27)16(26)19-10-13-6-4-3-5-7-13/h3-9H,10H2,1-2H3,(H,19,26)(H,21,27)(H,20,22,25). The van der Waals surface area contributed by atoms with Crippen molar-refractivity contribution < 1.29 is 9.59 Å². The van der Waals surface area contributed by atoms with Crippen LogP contribution in [-0.2, 0) is 16.1 Å². The molecule has 0 saturated carbocycles. The number of carbonyl (C=O) groups is 2. The Kier molecular flexibility index (Phi) is 5.11. The number of anilines is 1. The molecule has 0 aliphatic rings. The van der Waals surface area contributed by atoms with E-state index in [-0.39, 0.29) is 23.9 Å². The Bertz CT molecular complexity index is 1040. The van der Waals surface area contributed by atoms with Crippen molar-refractivity contribution in [1.82, 2.24) is 25.1 Å². The molecule has 0 aliphatic carbocycles. The number of hydrogen-bond acceptors (Lipinski definition) is 5. The Labute approximate surface area is 154 Å². The Morgan fingerprint density at radius 3 is 2.52 bits per heavy atom. The zero-order chi connectivity index (χ0) is 19.4. The maximum Gasteiger partial charge on any atom is 0.314 e. The second kappa shape index (κ2) is 7.65. The van der Waals surface area contributed by atoms with Crippen LogP contribution in [0.15, 0.2) is 47.3 Å². The highest BCUT2D eigenvalue weighted by atomic mass is 16.2. The first-order chi connectivity index (χ1) is 12.9. The van der Waals surface area contributed by atoms with Crippen molar-refractivity contribution >= 4 is 17.6 Å². The van der Waals surface area contributed by atoms with Crippen LogP contribution >= 0.6 is 0 Å². The summed E-state index contributed by atoms with van der Waals surface area (Å²) in [7, 11) is 0. The minimum Gasteiger partial charge on any atom is -0.344 e. The van der Waals surface area contributed by atoms with Crippen LogP contribution in [0.5, 0.6) is 0 Å². The number of benzene rings is 1. The van der Waals surface area contributed by atoms with E-state index in [0.29, 0.717) is 11.4 Å². The van der Waals surface area contributed by atoms with E-state index in [0.717, 1.165) is 5.56 Å². The third-order valence-electron chi connectivity index (χ3n) is 3.63. The first-order valence-electron chi connectivity index (χ1n) is 8.20. The summed E-state index contributed by atoms with van der Waals surface area (Å²) in [6.07, 6.45) is 0. The molecular formula is C18H18N6O3. The van der Waals surface area contributed by atoms with Gasteiger partial charge in [-0.15, -0.1) is 0 Å². The first-order valence-corrected chi connectivity index (χ1v) is 8.20. The number of H-pyrrole nitrogens is 1. The summed E-state index contributed by atoms with van der Waals surface area (Å²) < 4.78 is 1.27. The summed E-state index contributed by atoms with van der Waals surface area (Å²) in [6.45, 7) is 3.62. The molecule has 1 aromatic carbocycles. The molecule has 0 radical (unpaired) electrons. The van der Waals surface area contributed by atoms with E-state index in [4.69, 9.17) is 0 Å². The Morgan fingerprint density at radius 1 is 1.07 bits per heavy atom. The van der Waals surface area contributed by atoms with E-state index < -0.39 is 11.8 Å². The molecule has 3 aromatic rings. The van der Waals surface area contributed by atoms with Crippen molar-refractivity contribution in [1.29, 1.82) is 0 Å². The lowest BCUT2D eigenvalue weighted by Crippen LogP contribution is -2.35. The van der Waals surface area contributed by atoms with Gasteiger partial charge in [-0.05, 0) is 19.4 Å². The van der Waals surface area contributed by atoms with Gasteiger partial charge in [0.05, 0.1) is 5.69 Å². The molecule has 3 N–H and O–H groups in total. The van der Waals surface area contributed by atoms with Crippen LogP contribution in [0.2, 0.25) is 0 Å². The average Bonchev–Trinajstić information content (AvgIpc) is 3.00. The highest BCUT2D eigenvalue weighted by Gasteiger charge is 2.18. The van der Waals surface area contributed by atoms with Gasteiger partial charge >= 0.3 is 11.8 Å². The van der Waals surface area contributed by atoms with Crippen molar-refractivity contribution in [2.24, 2.45) is 0 Å². The third kappa shape index (κ3) is 4.46. The molecule has 0 atom stereocenters. The SMILES string of the molecule is Cc1cc(=O)[nH]c(-n2nc(C)cc2NC(=O)C(=O)NCc2ccccc2)n1. The molecular weight excluding hydrogens is 348 g/mol. The minimum absolute atomic E-state index is 0.146. The molecule has 2 amide bonds. The molecule has 0 fully saturated rings. The number of amides is 2. The number of carbonyl (C=O) groups excluding carboxylic acids is 2. The lowest BCUT2D eigenvalue weighted by molar-refractivity contribution is -0.136. The van der Waals surface area contributed by atoms with E-state index in [1.807, 2.05) is 30.3 Å². The van der Waals surface area contributed by atoms with Gasteiger partial charge in [0, 0.05) is 24.4 Å². The summed E-state index contributed by atoms with van der Waals surface area (Å²) in [6, 6.07) is 12.2. The van der Waals surface area contributed by atoms with Gasteiger partial charge < -0.3 is 10.6 Å². The fourth-order valence-electron chi connectivity index (χ4n) is 2.45. The lowest BCUT2D eigenvalue weighted by atomic mass is 10.2. The zero-order valence-electron chi connectivity index (χ0n) is 14.8. The molecule has 27 heavy (non-hydrogen) atoms. The maximum atomic E-state index is 12.2. The number of rotatable bonds is 4. The summed E-state index contributed by atoms with van der Waals surface area (Å²) in [4.78, 5) is 42.7. The monoisotopic (exact) mass is 366 g/mol. The van der Waals surface area contributed by atoms with Crippen LogP contribution in [0.25, 0.3) is 5.95 Å². The molecule has 0 spiro atoms. The van der Waals surface area contributed by atoms with Crippen molar-refractivity contribution in [3.63, 3.8) is 0 Å². The van der Waals surface area contributed by atoms with Gasteiger partial charge in [-0.1, -0.05) is 30.3 Å². The normalized spacial score (nSPS) is 10.4. The van der Waals surface area contributed by atoms with Crippen LogP contribution in [0.1, 0.15) is 17.0 Å². The number of aromatic amines is 1. The predicted octanol–water partition coefficient (Wildman–Crippen LogP) is 0.827. The molecule has 0 bridgehead atoms. The van der Waals surface area contributed by atoms with E-state index in [1.165, 1.54) is 10.7 Å². The predicted molar refractivity (Wildman–Crippen MR) is 98.4 cm³/mol. The topological polar surface area (TPSA) is 122 Å².